The van der Waals surface area contributed by atoms with E-state index < -0.39 is 0 Å². The molecule has 1 aromatic heterocycles. The van der Waals surface area contributed by atoms with Crippen LogP contribution in [0.15, 0.2) is 35.7 Å². The molecule has 6 heteroatoms. The first kappa shape index (κ1) is 14.7. The molecule has 2 aromatic rings. The van der Waals surface area contributed by atoms with Crippen LogP contribution in [-0.4, -0.2) is 19.6 Å². The molecule has 0 saturated carbocycles. The first-order valence-corrected chi connectivity index (χ1v) is 7.31. The van der Waals surface area contributed by atoms with Crippen LogP contribution in [0.4, 0.5) is 5.69 Å². The minimum atomic E-state index is -0.0645. The fourth-order valence-electron chi connectivity index (χ4n) is 1.62. The zero-order chi connectivity index (χ0) is 14.4. The summed E-state index contributed by atoms with van der Waals surface area (Å²) >= 11 is 7.63. The molecule has 4 nitrogen and oxygen atoms in total. The van der Waals surface area contributed by atoms with E-state index in [9.17, 15) is 4.79 Å². The number of ether oxygens (including phenoxy) is 1. The predicted molar refractivity (Wildman–Crippen MR) is 82.7 cm³/mol. The molecule has 0 bridgehead atoms. The molecule has 2 rings (SSSR count). The molecule has 0 fully saturated rings. The molecule has 0 spiro atoms. The summed E-state index contributed by atoms with van der Waals surface area (Å²) in [6.07, 6.45) is 0. The van der Waals surface area contributed by atoms with E-state index in [4.69, 9.17) is 16.3 Å². The third kappa shape index (κ3) is 4.15. The molecular formula is C14H15ClN2O2S. The van der Waals surface area contributed by atoms with E-state index in [1.807, 2.05) is 23.6 Å². The van der Waals surface area contributed by atoms with Gasteiger partial charge < -0.3 is 15.4 Å². The van der Waals surface area contributed by atoms with Crippen LogP contribution in [0, 0.1) is 0 Å². The summed E-state index contributed by atoms with van der Waals surface area (Å²) in [6, 6.07) is 9.25. The molecular weight excluding hydrogens is 296 g/mol. The Morgan fingerprint density at radius 3 is 2.90 bits per heavy atom. The summed E-state index contributed by atoms with van der Waals surface area (Å²) in [5.74, 6) is 0.546. The van der Waals surface area contributed by atoms with Crippen LogP contribution in [0.3, 0.4) is 0 Å². The Bertz CT molecular complexity index is 573. The van der Waals surface area contributed by atoms with Gasteiger partial charge in [-0.15, -0.1) is 11.3 Å². The summed E-state index contributed by atoms with van der Waals surface area (Å²) < 4.78 is 5.07. The lowest BCUT2D eigenvalue weighted by molar-refractivity contribution is -0.119. The van der Waals surface area contributed by atoms with Gasteiger partial charge in [-0.1, -0.05) is 17.7 Å². The van der Waals surface area contributed by atoms with E-state index in [1.54, 1.807) is 30.6 Å². The molecule has 0 saturated heterocycles. The molecule has 0 radical (unpaired) electrons. The van der Waals surface area contributed by atoms with Gasteiger partial charge in [0, 0.05) is 10.6 Å². The summed E-state index contributed by atoms with van der Waals surface area (Å²) in [7, 11) is 1.56. The first-order chi connectivity index (χ1) is 9.69. The van der Waals surface area contributed by atoms with Crippen molar-refractivity contribution in [3.05, 3.63) is 45.6 Å². The second-order valence-corrected chi connectivity index (χ2v) is 5.50. The van der Waals surface area contributed by atoms with Gasteiger partial charge in [0.2, 0.25) is 5.91 Å². The number of benzene rings is 1. The van der Waals surface area contributed by atoms with Crippen molar-refractivity contribution in [3.63, 3.8) is 0 Å². The van der Waals surface area contributed by atoms with Gasteiger partial charge in [-0.05, 0) is 29.6 Å². The van der Waals surface area contributed by atoms with E-state index in [1.165, 1.54) is 0 Å². The number of methoxy groups -OCH3 is 1. The fraction of sp³-hybridized carbons (Fsp3) is 0.214. The predicted octanol–water partition coefficient (Wildman–Crippen LogP) is 3.14. The van der Waals surface area contributed by atoms with Gasteiger partial charge >= 0.3 is 0 Å². The largest absolute Gasteiger partial charge is 0.495 e. The number of hydrogen-bond donors (Lipinski definition) is 2. The number of anilines is 1. The Morgan fingerprint density at radius 1 is 1.40 bits per heavy atom. The van der Waals surface area contributed by atoms with E-state index in [0.29, 0.717) is 17.3 Å². The number of carbonyl (C=O) groups is 1. The molecule has 1 heterocycles. The van der Waals surface area contributed by atoms with Crippen molar-refractivity contribution in [2.24, 2.45) is 0 Å². The maximum atomic E-state index is 11.7. The van der Waals surface area contributed by atoms with E-state index >= 15 is 0 Å². The standard InChI is InChI=1S/C14H15ClN2O2S/c1-19-13-5-4-10(7-12(13)15)16-9-14(18)17-8-11-3-2-6-20-11/h2-7,16H,8-9H2,1H3,(H,17,18). The second-order valence-electron chi connectivity index (χ2n) is 4.06. The van der Waals surface area contributed by atoms with E-state index in [0.717, 1.165) is 10.6 Å². The van der Waals surface area contributed by atoms with Gasteiger partial charge in [-0.2, -0.15) is 0 Å². The zero-order valence-corrected chi connectivity index (χ0v) is 12.6. The molecule has 0 unspecified atom stereocenters. The molecule has 2 N–H and O–H groups in total. The van der Waals surface area contributed by atoms with Crippen molar-refractivity contribution < 1.29 is 9.53 Å². The topological polar surface area (TPSA) is 50.4 Å². The average Bonchev–Trinajstić information content (AvgIpc) is 2.96. The lowest BCUT2D eigenvalue weighted by Gasteiger charge is -2.09. The van der Waals surface area contributed by atoms with Crippen LogP contribution in [0.1, 0.15) is 4.88 Å². The average molecular weight is 311 g/mol. The lowest BCUT2D eigenvalue weighted by Crippen LogP contribution is -2.29. The lowest BCUT2D eigenvalue weighted by atomic mass is 10.3. The normalized spacial score (nSPS) is 10.1. The van der Waals surface area contributed by atoms with Crippen LogP contribution in [0.2, 0.25) is 5.02 Å². The van der Waals surface area contributed by atoms with Gasteiger partial charge in [0.05, 0.1) is 25.2 Å². The maximum absolute atomic E-state index is 11.7. The van der Waals surface area contributed by atoms with Crippen LogP contribution >= 0.6 is 22.9 Å². The Kier molecular flexibility index (Phi) is 5.26. The Morgan fingerprint density at radius 2 is 2.25 bits per heavy atom. The minimum Gasteiger partial charge on any atom is -0.495 e. The number of halogens is 1. The third-order valence-corrected chi connectivity index (χ3v) is 3.82. The second kappa shape index (κ2) is 7.17. The number of hydrogen-bond acceptors (Lipinski definition) is 4. The first-order valence-electron chi connectivity index (χ1n) is 6.05. The zero-order valence-electron chi connectivity index (χ0n) is 11.0. The van der Waals surface area contributed by atoms with Crippen molar-refractivity contribution >= 4 is 34.5 Å². The van der Waals surface area contributed by atoms with Crippen molar-refractivity contribution in [1.82, 2.24) is 5.32 Å². The number of rotatable bonds is 6. The van der Waals surface area contributed by atoms with Crippen LogP contribution < -0.4 is 15.4 Å². The highest BCUT2D eigenvalue weighted by atomic mass is 35.5. The molecule has 20 heavy (non-hydrogen) atoms. The SMILES string of the molecule is COc1ccc(NCC(=O)NCc2cccs2)cc1Cl. The van der Waals surface area contributed by atoms with Gasteiger partial charge in [-0.3, -0.25) is 4.79 Å². The highest BCUT2D eigenvalue weighted by Crippen LogP contribution is 2.26. The summed E-state index contributed by atoms with van der Waals surface area (Å²) in [5, 5.41) is 8.36. The summed E-state index contributed by atoms with van der Waals surface area (Å²) in [5.41, 5.74) is 0.780. The van der Waals surface area contributed by atoms with E-state index in [2.05, 4.69) is 10.6 Å². The molecule has 1 amide bonds. The number of nitrogens with one attached hydrogen (secondary N) is 2. The summed E-state index contributed by atoms with van der Waals surface area (Å²) in [6.45, 7) is 0.760. The Balaban J connectivity index is 1.79. The monoisotopic (exact) mass is 310 g/mol. The molecule has 0 aliphatic heterocycles. The molecule has 0 aliphatic carbocycles. The Labute approximate surface area is 126 Å². The van der Waals surface area contributed by atoms with Crippen molar-refractivity contribution in [2.75, 3.05) is 19.0 Å². The Hall–Kier alpha value is -1.72. The smallest absolute Gasteiger partial charge is 0.239 e. The quantitative estimate of drug-likeness (QED) is 0.862. The maximum Gasteiger partial charge on any atom is 0.239 e. The third-order valence-electron chi connectivity index (χ3n) is 2.64. The highest BCUT2D eigenvalue weighted by molar-refractivity contribution is 7.09. The minimum absolute atomic E-state index is 0.0645. The molecule has 0 aliphatic rings. The van der Waals surface area contributed by atoms with Gasteiger partial charge in [0.25, 0.3) is 0 Å². The highest BCUT2D eigenvalue weighted by Gasteiger charge is 2.04. The van der Waals surface area contributed by atoms with Gasteiger partial charge in [0.15, 0.2) is 0 Å². The van der Waals surface area contributed by atoms with E-state index in [-0.39, 0.29) is 12.5 Å². The van der Waals surface area contributed by atoms with Crippen molar-refractivity contribution in [3.8, 4) is 5.75 Å². The van der Waals surface area contributed by atoms with Gasteiger partial charge in [0.1, 0.15) is 5.75 Å². The van der Waals surface area contributed by atoms with Crippen LogP contribution in [-0.2, 0) is 11.3 Å². The number of thiophene rings is 1. The van der Waals surface area contributed by atoms with Crippen molar-refractivity contribution in [1.29, 1.82) is 0 Å². The molecule has 106 valence electrons. The summed E-state index contributed by atoms with van der Waals surface area (Å²) in [4.78, 5) is 12.8. The molecule has 1 aromatic carbocycles. The van der Waals surface area contributed by atoms with Crippen molar-refractivity contribution in [2.45, 2.75) is 6.54 Å². The van der Waals surface area contributed by atoms with Gasteiger partial charge in [-0.25, -0.2) is 0 Å². The van der Waals surface area contributed by atoms with Crippen LogP contribution in [0.25, 0.3) is 0 Å². The number of amides is 1. The fourth-order valence-corrected chi connectivity index (χ4v) is 2.52. The number of carbonyl (C=O) groups excluding carboxylic acids is 1. The molecule has 0 atom stereocenters. The van der Waals surface area contributed by atoms with Crippen LogP contribution in [0.5, 0.6) is 5.75 Å².